The monoisotopic (exact) mass is 593 g/mol. The molecule has 2 fully saturated rings. The minimum absolute atomic E-state index is 0.0651. The molecule has 1 N–H and O–H groups in total. The summed E-state index contributed by atoms with van der Waals surface area (Å²) in [5.74, 6) is 0.636. The van der Waals surface area contributed by atoms with Gasteiger partial charge in [0.25, 0.3) is 5.91 Å². The molecule has 2 aromatic carbocycles. The van der Waals surface area contributed by atoms with Crippen molar-refractivity contribution in [3.05, 3.63) is 83.9 Å². The van der Waals surface area contributed by atoms with Crippen LogP contribution in [0.3, 0.4) is 0 Å². The molecule has 2 saturated heterocycles. The Bertz CT molecular complexity index is 1790. The molecular formula is C31H31N9O4. The van der Waals surface area contributed by atoms with E-state index in [4.69, 9.17) is 9.15 Å². The van der Waals surface area contributed by atoms with Gasteiger partial charge >= 0.3 is 0 Å². The van der Waals surface area contributed by atoms with Crippen LogP contribution < -0.4 is 5.32 Å². The van der Waals surface area contributed by atoms with Gasteiger partial charge in [-0.3, -0.25) is 19.5 Å². The number of rotatable bonds is 7. The summed E-state index contributed by atoms with van der Waals surface area (Å²) < 4.78 is 11.3. The van der Waals surface area contributed by atoms with Gasteiger partial charge in [0.1, 0.15) is 11.2 Å². The molecule has 2 aliphatic rings. The quantitative estimate of drug-likeness (QED) is 0.299. The van der Waals surface area contributed by atoms with E-state index in [1.807, 2.05) is 23.1 Å². The third-order valence-corrected chi connectivity index (χ3v) is 8.03. The number of amides is 2. The first-order valence-electron chi connectivity index (χ1n) is 14.6. The van der Waals surface area contributed by atoms with E-state index >= 15 is 0 Å². The third kappa shape index (κ3) is 5.66. The number of hydrogen-bond acceptors (Lipinski definition) is 10. The van der Waals surface area contributed by atoms with Crippen molar-refractivity contribution < 1.29 is 18.7 Å². The van der Waals surface area contributed by atoms with E-state index in [9.17, 15) is 9.59 Å². The molecule has 0 spiro atoms. The summed E-state index contributed by atoms with van der Waals surface area (Å²) in [6, 6.07) is 18.7. The van der Waals surface area contributed by atoms with Crippen molar-refractivity contribution in [2.45, 2.75) is 12.5 Å². The number of piperazine rings is 1. The lowest BCUT2D eigenvalue weighted by atomic mass is 10.0. The number of pyridine rings is 1. The van der Waals surface area contributed by atoms with Crippen molar-refractivity contribution in [3.63, 3.8) is 0 Å². The summed E-state index contributed by atoms with van der Waals surface area (Å²) in [5, 5.41) is 15.7. The normalized spacial score (nSPS) is 18.0. The van der Waals surface area contributed by atoms with Gasteiger partial charge in [-0.1, -0.05) is 30.3 Å². The molecule has 13 heteroatoms. The molecule has 0 aliphatic carbocycles. The molecule has 0 bridgehead atoms. The van der Waals surface area contributed by atoms with Gasteiger partial charge in [0, 0.05) is 50.2 Å². The van der Waals surface area contributed by atoms with Crippen LogP contribution in [0.4, 0.5) is 5.69 Å². The maximum atomic E-state index is 13.5. The van der Waals surface area contributed by atoms with E-state index in [1.165, 1.54) is 4.80 Å². The third-order valence-electron chi connectivity index (χ3n) is 8.03. The molecule has 13 nitrogen and oxygen atoms in total. The van der Waals surface area contributed by atoms with Crippen molar-refractivity contribution in [3.8, 4) is 11.5 Å². The van der Waals surface area contributed by atoms with Crippen LogP contribution in [0.2, 0.25) is 0 Å². The molecule has 224 valence electrons. The summed E-state index contributed by atoms with van der Waals surface area (Å²) in [6.45, 7) is 3.38. The average molecular weight is 594 g/mol. The van der Waals surface area contributed by atoms with Gasteiger partial charge in [0.05, 0.1) is 25.6 Å². The van der Waals surface area contributed by atoms with Gasteiger partial charge in [-0.25, -0.2) is 4.98 Å². The highest BCUT2D eigenvalue weighted by atomic mass is 16.5. The summed E-state index contributed by atoms with van der Waals surface area (Å²) >= 11 is 0. The SMILES string of the molecule is Cn1nnc(C(c2ccccc2)N2CCN(C(=O)c3cc(-c4nc5cc(NC(=O)[C@H]6CCOC6)ccc5o4)ccn3)CC2)n1. The Morgan fingerprint density at radius 2 is 1.86 bits per heavy atom. The van der Waals surface area contributed by atoms with Crippen LogP contribution in [-0.2, 0) is 16.6 Å². The minimum Gasteiger partial charge on any atom is -0.436 e. The highest BCUT2D eigenvalue weighted by Crippen LogP contribution is 2.29. The van der Waals surface area contributed by atoms with Crippen molar-refractivity contribution >= 4 is 28.6 Å². The molecule has 0 saturated carbocycles. The van der Waals surface area contributed by atoms with Crippen LogP contribution in [0, 0.1) is 5.92 Å². The van der Waals surface area contributed by atoms with E-state index in [-0.39, 0.29) is 23.8 Å². The maximum absolute atomic E-state index is 13.5. The highest BCUT2D eigenvalue weighted by molar-refractivity contribution is 5.95. The smallest absolute Gasteiger partial charge is 0.272 e. The van der Waals surface area contributed by atoms with Crippen LogP contribution in [0.15, 0.2) is 71.3 Å². The molecule has 44 heavy (non-hydrogen) atoms. The summed E-state index contributed by atoms with van der Waals surface area (Å²) in [5.41, 5.74) is 3.86. The number of nitrogens with zero attached hydrogens (tertiary/aromatic N) is 8. The average Bonchev–Trinajstić information content (AvgIpc) is 3.84. The van der Waals surface area contributed by atoms with Gasteiger partial charge < -0.3 is 19.4 Å². The first-order chi connectivity index (χ1) is 21.5. The molecular weight excluding hydrogens is 562 g/mol. The fraction of sp³-hybridized carbons (Fsp3) is 0.323. The number of aryl methyl sites for hydroxylation is 1. The number of carbonyl (C=O) groups is 2. The Balaban J connectivity index is 1.04. The largest absolute Gasteiger partial charge is 0.436 e. The standard InChI is InChI=1S/C31H31N9O4/c1-38-36-28(35-37-38)27(20-5-3-2-4-6-20)39-12-14-40(15-13-39)31(42)25-17-21(9-11-32-25)30-34-24-18-23(7-8-26(24)44-30)33-29(41)22-10-16-43-19-22/h2-9,11,17-18,22,27H,10,12-16,19H2,1H3,(H,33,41)/t22-,27?/m0/s1. The molecule has 5 aromatic rings. The van der Waals surface area contributed by atoms with E-state index in [0.29, 0.717) is 79.2 Å². The first kappa shape index (κ1) is 27.8. The number of tetrazole rings is 1. The van der Waals surface area contributed by atoms with Crippen LogP contribution >= 0.6 is 0 Å². The Kier molecular flexibility index (Phi) is 7.54. The fourth-order valence-electron chi connectivity index (χ4n) is 5.71. The maximum Gasteiger partial charge on any atom is 0.272 e. The van der Waals surface area contributed by atoms with Gasteiger partial charge in [0.15, 0.2) is 11.4 Å². The number of benzene rings is 2. The Morgan fingerprint density at radius 3 is 2.61 bits per heavy atom. The van der Waals surface area contributed by atoms with Gasteiger partial charge in [0.2, 0.25) is 11.8 Å². The molecule has 2 amide bonds. The van der Waals surface area contributed by atoms with Gasteiger partial charge in [-0.05, 0) is 47.5 Å². The Labute approximate surface area is 252 Å². The van der Waals surface area contributed by atoms with E-state index in [0.717, 1.165) is 12.0 Å². The zero-order valence-electron chi connectivity index (χ0n) is 24.2. The van der Waals surface area contributed by atoms with Crippen LogP contribution in [0.1, 0.15) is 34.3 Å². The van der Waals surface area contributed by atoms with E-state index in [2.05, 4.69) is 47.7 Å². The zero-order chi connectivity index (χ0) is 30.0. The predicted octanol–water partition coefficient (Wildman–Crippen LogP) is 2.94. The van der Waals surface area contributed by atoms with Crippen molar-refractivity contribution in [1.29, 1.82) is 0 Å². The number of nitrogens with one attached hydrogen (secondary N) is 1. The molecule has 7 rings (SSSR count). The van der Waals surface area contributed by atoms with Crippen LogP contribution in [0.25, 0.3) is 22.6 Å². The lowest BCUT2D eigenvalue weighted by molar-refractivity contribution is -0.119. The molecule has 1 unspecified atom stereocenters. The topological polar surface area (TPSA) is 144 Å². The molecule has 3 aromatic heterocycles. The zero-order valence-corrected chi connectivity index (χ0v) is 24.2. The summed E-state index contributed by atoms with van der Waals surface area (Å²) in [7, 11) is 1.75. The van der Waals surface area contributed by atoms with Crippen molar-refractivity contribution in [2.75, 3.05) is 44.7 Å². The fourth-order valence-corrected chi connectivity index (χ4v) is 5.71. The second-order valence-corrected chi connectivity index (χ2v) is 11.0. The Hall–Kier alpha value is -5.01. The predicted molar refractivity (Wildman–Crippen MR) is 159 cm³/mol. The van der Waals surface area contributed by atoms with Gasteiger partial charge in [-0.15, -0.1) is 10.2 Å². The number of ether oxygens (including phenoxy) is 1. The number of carbonyl (C=O) groups excluding carboxylic acids is 2. The van der Waals surface area contributed by atoms with E-state index < -0.39 is 0 Å². The number of oxazole rings is 1. The second kappa shape index (κ2) is 11.9. The minimum atomic E-state index is -0.159. The molecule has 0 radical (unpaired) electrons. The first-order valence-corrected chi connectivity index (χ1v) is 14.6. The number of anilines is 1. The number of hydrogen-bond donors (Lipinski definition) is 1. The molecule has 2 atom stereocenters. The molecule has 5 heterocycles. The lowest BCUT2D eigenvalue weighted by Crippen LogP contribution is -2.50. The number of aromatic nitrogens is 6. The summed E-state index contributed by atoms with van der Waals surface area (Å²) in [4.78, 5) is 40.6. The van der Waals surface area contributed by atoms with Gasteiger partial charge in [-0.2, -0.15) is 4.80 Å². The van der Waals surface area contributed by atoms with Crippen LogP contribution in [-0.4, -0.2) is 91.2 Å². The lowest BCUT2D eigenvalue weighted by Gasteiger charge is -2.38. The van der Waals surface area contributed by atoms with Crippen LogP contribution in [0.5, 0.6) is 0 Å². The number of fused-ring (bicyclic) bond motifs is 1. The van der Waals surface area contributed by atoms with Crippen molar-refractivity contribution in [2.24, 2.45) is 13.0 Å². The highest BCUT2D eigenvalue weighted by Gasteiger charge is 2.31. The van der Waals surface area contributed by atoms with E-state index in [1.54, 1.807) is 43.6 Å². The second-order valence-electron chi connectivity index (χ2n) is 11.0. The molecule has 2 aliphatic heterocycles. The van der Waals surface area contributed by atoms with Crippen molar-refractivity contribution in [1.82, 2.24) is 40.0 Å². The Morgan fingerprint density at radius 1 is 1.02 bits per heavy atom. The summed E-state index contributed by atoms with van der Waals surface area (Å²) in [6.07, 6.45) is 2.31.